The van der Waals surface area contributed by atoms with Gasteiger partial charge in [0.15, 0.2) is 0 Å². The van der Waals surface area contributed by atoms with Crippen molar-refractivity contribution in [2.24, 2.45) is 0 Å². The number of likely N-dealkylation sites (N-methyl/N-ethyl adjacent to an activating group) is 1. The number of nitrogens with one attached hydrogen (secondary N) is 1. The Kier molecular flexibility index (Phi) is 5.86. The third-order valence-electron chi connectivity index (χ3n) is 5.94. The van der Waals surface area contributed by atoms with Crippen molar-refractivity contribution in [1.29, 1.82) is 5.26 Å². The van der Waals surface area contributed by atoms with Crippen molar-refractivity contribution >= 4 is 34.8 Å². The average Bonchev–Trinajstić information content (AvgIpc) is 2.65. The Balaban J connectivity index is 1.91. The summed E-state index contributed by atoms with van der Waals surface area (Å²) in [6, 6.07) is 6.11. The van der Waals surface area contributed by atoms with E-state index in [0.717, 1.165) is 42.5 Å². The zero-order valence-corrected chi connectivity index (χ0v) is 17.9. The normalized spacial score (nSPS) is 19.5. The lowest BCUT2D eigenvalue weighted by Crippen LogP contribution is -2.42. The average molecular weight is 398 g/mol. The highest BCUT2D eigenvalue weighted by Gasteiger charge is 2.29. The van der Waals surface area contributed by atoms with Gasteiger partial charge < -0.3 is 10.2 Å². The van der Waals surface area contributed by atoms with Gasteiger partial charge in [-0.15, -0.1) is 0 Å². The van der Waals surface area contributed by atoms with Gasteiger partial charge in [-0.25, -0.2) is 0 Å². The van der Waals surface area contributed by atoms with Crippen molar-refractivity contribution in [1.82, 2.24) is 5.32 Å². The largest absolute Gasteiger partial charge is 0.365 e. The minimum atomic E-state index is -0.311. The number of hydrogen-bond donors (Lipinski definition) is 1. The summed E-state index contributed by atoms with van der Waals surface area (Å²) in [6.07, 6.45) is 9.26. The molecule has 1 saturated carbocycles. The molecule has 5 heteroatoms. The number of nitriles is 1. The molecule has 0 radical (unpaired) electrons. The highest BCUT2D eigenvalue weighted by atomic mass is 35.5. The van der Waals surface area contributed by atoms with E-state index >= 15 is 0 Å². The molecule has 1 aromatic rings. The Morgan fingerprint density at radius 2 is 2.00 bits per heavy atom. The minimum absolute atomic E-state index is 0.0959. The van der Waals surface area contributed by atoms with E-state index in [0.29, 0.717) is 10.6 Å². The van der Waals surface area contributed by atoms with Gasteiger partial charge in [0.25, 0.3) is 5.91 Å². The maximum Gasteiger partial charge on any atom is 0.262 e. The Morgan fingerprint density at radius 1 is 1.32 bits per heavy atom. The summed E-state index contributed by atoms with van der Waals surface area (Å²) in [5.74, 6) is -0.311. The second kappa shape index (κ2) is 8.01. The van der Waals surface area contributed by atoms with Gasteiger partial charge in [0, 0.05) is 29.4 Å². The van der Waals surface area contributed by atoms with E-state index in [1.807, 2.05) is 25.2 Å². The fraction of sp³-hybridized carbons (Fsp3) is 0.478. The van der Waals surface area contributed by atoms with E-state index in [1.165, 1.54) is 6.42 Å². The summed E-state index contributed by atoms with van der Waals surface area (Å²) in [5, 5.41) is 13.1. The van der Waals surface area contributed by atoms with Crippen molar-refractivity contribution in [3.05, 3.63) is 39.9 Å². The molecule has 1 amide bonds. The summed E-state index contributed by atoms with van der Waals surface area (Å²) in [5.41, 5.74) is 3.97. The first-order valence-corrected chi connectivity index (χ1v) is 10.3. The van der Waals surface area contributed by atoms with Crippen LogP contribution < -0.4 is 10.2 Å². The molecule has 148 valence electrons. The van der Waals surface area contributed by atoms with Crippen molar-refractivity contribution in [3.63, 3.8) is 0 Å². The number of carbonyl (C=O) groups is 1. The smallest absolute Gasteiger partial charge is 0.262 e. The summed E-state index contributed by atoms with van der Waals surface area (Å²) in [7, 11) is 2.05. The molecule has 1 aliphatic heterocycles. The monoisotopic (exact) mass is 397 g/mol. The number of rotatable bonds is 3. The van der Waals surface area contributed by atoms with Crippen LogP contribution in [0, 0.1) is 11.3 Å². The van der Waals surface area contributed by atoms with Crippen LogP contribution in [0.1, 0.15) is 64.0 Å². The van der Waals surface area contributed by atoms with Gasteiger partial charge in [-0.3, -0.25) is 4.79 Å². The second-order valence-electron chi connectivity index (χ2n) is 8.41. The molecule has 0 saturated heterocycles. The zero-order chi connectivity index (χ0) is 20.5. The third kappa shape index (κ3) is 4.10. The standard InChI is InChI=1S/C23H28ClN3O/c1-15-13-23(2,3)27(4)21-12-20(24)16(11-19(15)21)10-17(14-25)22(28)26-18-8-6-5-7-9-18/h10-13,18H,5-9H2,1-4H3,(H,26,28)/b17-10+. The van der Waals surface area contributed by atoms with Crippen LogP contribution in [0.5, 0.6) is 0 Å². The van der Waals surface area contributed by atoms with Crippen LogP contribution in [-0.2, 0) is 4.79 Å². The van der Waals surface area contributed by atoms with Gasteiger partial charge in [0.05, 0.1) is 5.54 Å². The molecule has 1 N–H and O–H groups in total. The van der Waals surface area contributed by atoms with Crippen LogP contribution in [0.4, 0.5) is 5.69 Å². The lowest BCUT2D eigenvalue weighted by atomic mass is 9.88. The van der Waals surface area contributed by atoms with Crippen LogP contribution in [0.3, 0.4) is 0 Å². The van der Waals surface area contributed by atoms with E-state index in [1.54, 1.807) is 6.08 Å². The quantitative estimate of drug-likeness (QED) is 0.554. The number of fused-ring (bicyclic) bond motifs is 1. The van der Waals surface area contributed by atoms with E-state index in [-0.39, 0.29) is 23.1 Å². The lowest BCUT2D eigenvalue weighted by Gasteiger charge is -2.40. The Hall–Kier alpha value is -2.25. The predicted octanol–water partition coefficient (Wildman–Crippen LogP) is 5.33. The number of hydrogen-bond acceptors (Lipinski definition) is 3. The fourth-order valence-corrected chi connectivity index (χ4v) is 4.32. The van der Waals surface area contributed by atoms with Crippen molar-refractivity contribution in [2.75, 3.05) is 11.9 Å². The number of amides is 1. The van der Waals surface area contributed by atoms with Crippen molar-refractivity contribution in [3.8, 4) is 6.07 Å². The Bertz CT molecular complexity index is 886. The van der Waals surface area contributed by atoms with Crippen LogP contribution in [0.25, 0.3) is 11.6 Å². The Morgan fingerprint density at radius 3 is 2.64 bits per heavy atom. The van der Waals surface area contributed by atoms with Gasteiger partial charge in [-0.1, -0.05) is 36.9 Å². The highest BCUT2D eigenvalue weighted by Crippen LogP contribution is 2.40. The number of nitrogens with zero attached hydrogens (tertiary/aromatic N) is 2. The third-order valence-corrected chi connectivity index (χ3v) is 6.27. The predicted molar refractivity (Wildman–Crippen MR) is 116 cm³/mol. The molecule has 28 heavy (non-hydrogen) atoms. The molecule has 0 atom stereocenters. The van der Waals surface area contributed by atoms with Crippen LogP contribution in [0.15, 0.2) is 23.8 Å². The van der Waals surface area contributed by atoms with Gasteiger partial charge >= 0.3 is 0 Å². The number of anilines is 1. The first-order chi connectivity index (χ1) is 13.2. The summed E-state index contributed by atoms with van der Waals surface area (Å²) in [4.78, 5) is 14.8. The number of allylic oxidation sites excluding steroid dienone is 1. The maximum absolute atomic E-state index is 12.6. The molecular weight excluding hydrogens is 370 g/mol. The highest BCUT2D eigenvalue weighted by molar-refractivity contribution is 6.32. The minimum Gasteiger partial charge on any atom is -0.365 e. The molecule has 3 rings (SSSR count). The second-order valence-corrected chi connectivity index (χ2v) is 8.82. The van der Waals surface area contributed by atoms with Gasteiger partial charge in [-0.05, 0) is 63.0 Å². The van der Waals surface area contributed by atoms with Crippen molar-refractivity contribution < 1.29 is 4.79 Å². The van der Waals surface area contributed by atoms with Gasteiger partial charge in [0.2, 0.25) is 0 Å². The molecule has 1 heterocycles. The number of benzene rings is 1. The van der Waals surface area contributed by atoms with Crippen molar-refractivity contribution in [2.45, 2.75) is 64.5 Å². The SMILES string of the molecule is CC1=CC(C)(C)N(C)c2cc(Cl)c(/C=C(\C#N)C(=O)NC3CCCCC3)cc21. The molecule has 0 unspecified atom stereocenters. The topological polar surface area (TPSA) is 56.1 Å². The van der Waals surface area contributed by atoms with Gasteiger partial charge in [-0.2, -0.15) is 5.26 Å². The van der Waals surface area contributed by atoms with Gasteiger partial charge in [0.1, 0.15) is 11.6 Å². The number of halogens is 1. The summed E-state index contributed by atoms with van der Waals surface area (Å²) < 4.78 is 0. The van der Waals surface area contributed by atoms with Crippen LogP contribution in [-0.4, -0.2) is 24.5 Å². The summed E-state index contributed by atoms with van der Waals surface area (Å²) >= 11 is 6.53. The van der Waals surface area contributed by atoms with E-state index in [4.69, 9.17) is 11.6 Å². The van der Waals surface area contributed by atoms with Crippen LogP contribution >= 0.6 is 11.6 Å². The number of carbonyl (C=O) groups excluding carboxylic acids is 1. The molecular formula is C23H28ClN3O. The molecule has 0 aromatic heterocycles. The first kappa shape index (κ1) is 20.5. The Labute approximate surface area is 172 Å². The fourth-order valence-electron chi connectivity index (χ4n) is 4.11. The van der Waals surface area contributed by atoms with E-state index < -0.39 is 0 Å². The maximum atomic E-state index is 12.6. The molecule has 1 aromatic carbocycles. The van der Waals surface area contributed by atoms with Crippen LogP contribution in [0.2, 0.25) is 5.02 Å². The molecule has 0 bridgehead atoms. The molecule has 1 aliphatic carbocycles. The molecule has 2 aliphatic rings. The molecule has 0 spiro atoms. The zero-order valence-electron chi connectivity index (χ0n) is 17.1. The summed E-state index contributed by atoms with van der Waals surface area (Å²) in [6.45, 7) is 6.39. The molecule has 4 nitrogen and oxygen atoms in total. The van der Waals surface area contributed by atoms with E-state index in [2.05, 4.69) is 37.1 Å². The first-order valence-electron chi connectivity index (χ1n) is 9.93. The lowest BCUT2D eigenvalue weighted by molar-refractivity contribution is -0.117. The van der Waals surface area contributed by atoms with E-state index in [9.17, 15) is 10.1 Å². The molecule has 1 fully saturated rings.